The van der Waals surface area contributed by atoms with Crippen molar-refractivity contribution in [2.45, 2.75) is 37.6 Å². The zero-order valence-electron chi connectivity index (χ0n) is 17.2. The van der Waals surface area contributed by atoms with E-state index in [4.69, 9.17) is 11.6 Å². The van der Waals surface area contributed by atoms with Crippen LogP contribution in [0.2, 0.25) is 5.02 Å². The van der Waals surface area contributed by atoms with E-state index >= 15 is 0 Å². The SMILES string of the molecule is CNNc1ccc(CNC(=O)[C@H](O)[C@@H](O)C(=O)N2CCCC2c2cccc(Cl)c2)cc1. The molecule has 8 nitrogen and oxygen atoms in total. The van der Waals surface area contributed by atoms with Crippen LogP contribution in [0.15, 0.2) is 48.5 Å². The van der Waals surface area contributed by atoms with Crippen LogP contribution < -0.4 is 16.2 Å². The number of halogens is 1. The largest absolute Gasteiger partial charge is 0.380 e. The van der Waals surface area contributed by atoms with Crippen molar-refractivity contribution in [1.82, 2.24) is 15.6 Å². The van der Waals surface area contributed by atoms with Crippen molar-refractivity contribution in [3.8, 4) is 0 Å². The van der Waals surface area contributed by atoms with Gasteiger partial charge in [-0.3, -0.25) is 9.59 Å². The lowest BCUT2D eigenvalue weighted by Gasteiger charge is -2.28. The maximum atomic E-state index is 12.8. The second kappa shape index (κ2) is 10.6. The van der Waals surface area contributed by atoms with Crippen LogP contribution in [0.5, 0.6) is 0 Å². The van der Waals surface area contributed by atoms with Gasteiger partial charge in [0, 0.05) is 30.8 Å². The van der Waals surface area contributed by atoms with Gasteiger partial charge in [-0.05, 0) is 48.2 Å². The summed E-state index contributed by atoms with van der Waals surface area (Å²) >= 11 is 6.06. The molecule has 3 atom stereocenters. The van der Waals surface area contributed by atoms with Gasteiger partial charge in [0.25, 0.3) is 11.8 Å². The van der Waals surface area contributed by atoms with E-state index in [0.717, 1.165) is 29.7 Å². The fraction of sp³-hybridized carbons (Fsp3) is 0.364. The van der Waals surface area contributed by atoms with Crippen molar-refractivity contribution in [2.75, 3.05) is 19.0 Å². The fourth-order valence-electron chi connectivity index (χ4n) is 3.68. The molecule has 1 fully saturated rings. The number of carbonyl (C=O) groups is 2. The summed E-state index contributed by atoms with van der Waals surface area (Å²) in [6, 6.07) is 14.2. The third-order valence-electron chi connectivity index (χ3n) is 5.28. The van der Waals surface area contributed by atoms with Crippen LogP contribution >= 0.6 is 11.6 Å². The summed E-state index contributed by atoms with van der Waals surface area (Å²) in [5.74, 6) is -1.48. The van der Waals surface area contributed by atoms with Crippen molar-refractivity contribution in [1.29, 1.82) is 0 Å². The highest BCUT2D eigenvalue weighted by Gasteiger charge is 2.38. The molecule has 1 unspecified atom stereocenters. The van der Waals surface area contributed by atoms with Gasteiger partial charge < -0.3 is 25.9 Å². The minimum Gasteiger partial charge on any atom is -0.380 e. The van der Waals surface area contributed by atoms with E-state index in [1.165, 1.54) is 4.90 Å². The number of carbonyl (C=O) groups excluding carboxylic acids is 2. The average Bonchev–Trinajstić information content (AvgIpc) is 3.27. The molecule has 0 aliphatic carbocycles. The van der Waals surface area contributed by atoms with E-state index in [0.29, 0.717) is 11.6 Å². The number of aliphatic hydroxyl groups excluding tert-OH is 2. The summed E-state index contributed by atoms with van der Waals surface area (Å²) in [7, 11) is 1.75. The number of hydrogen-bond acceptors (Lipinski definition) is 6. The first-order chi connectivity index (χ1) is 14.9. The average molecular weight is 447 g/mol. The Morgan fingerprint density at radius 3 is 2.58 bits per heavy atom. The molecule has 1 heterocycles. The monoisotopic (exact) mass is 446 g/mol. The molecule has 3 rings (SSSR count). The van der Waals surface area contributed by atoms with E-state index in [9.17, 15) is 19.8 Å². The van der Waals surface area contributed by atoms with Gasteiger partial charge >= 0.3 is 0 Å². The minimum absolute atomic E-state index is 0.158. The Labute approximate surface area is 186 Å². The molecule has 2 amide bonds. The molecule has 9 heteroatoms. The number of benzene rings is 2. The number of likely N-dealkylation sites (tertiary alicyclic amines) is 1. The predicted molar refractivity (Wildman–Crippen MR) is 118 cm³/mol. The number of rotatable bonds is 8. The molecule has 166 valence electrons. The van der Waals surface area contributed by atoms with Crippen LogP contribution in [-0.4, -0.2) is 52.7 Å². The highest BCUT2D eigenvalue weighted by atomic mass is 35.5. The van der Waals surface area contributed by atoms with Crippen LogP contribution in [-0.2, 0) is 16.1 Å². The van der Waals surface area contributed by atoms with Crippen LogP contribution in [0.3, 0.4) is 0 Å². The van der Waals surface area contributed by atoms with Crippen molar-refractivity contribution < 1.29 is 19.8 Å². The first-order valence-electron chi connectivity index (χ1n) is 10.1. The predicted octanol–water partition coefficient (Wildman–Crippen LogP) is 1.59. The Morgan fingerprint density at radius 2 is 1.90 bits per heavy atom. The molecule has 1 aliphatic heterocycles. The smallest absolute Gasteiger partial charge is 0.255 e. The van der Waals surface area contributed by atoms with Gasteiger partial charge in [-0.1, -0.05) is 35.9 Å². The fourth-order valence-corrected chi connectivity index (χ4v) is 3.88. The summed E-state index contributed by atoms with van der Waals surface area (Å²) in [5, 5.41) is 23.8. The second-order valence-corrected chi connectivity index (χ2v) is 7.86. The summed E-state index contributed by atoms with van der Waals surface area (Å²) in [5.41, 5.74) is 8.27. The van der Waals surface area contributed by atoms with Gasteiger partial charge in [0.2, 0.25) is 0 Å². The van der Waals surface area contributed by atoms with Crippen molar-refractivity contribution in [3.05, 3.63) is 64.7 Å². The number of amides is 2. The standard InChI is InChI=1S/C22H27ClN4O4/c1-24-26-17-9-7-14(8-10-17)13-25-21(30)19(28)20(29)22(31)27-11-3-6-18(27)15-4-2-5-16(23)12-15/h2,4-5,7-10,12,18-20,24,26,28-29H,3,6,11,13H2,1H3,(H,25,30)/t18?,19-,20-/m1/s1. The molecule has 1 saturated heterocycles. The molecule has 1 aliphatic rings. The van der Waals surface area contributed by atoms with E-state index < -0.39 is 24.0 Å². The lowest BCUT2D eigenvalue weighted by molar-refractivity contribution is -0.153. The maximum absolute atomic E-state index is 12.8. The zero-order chi connectivity index (χ0) is 22.4. The van der Waals surface area contributed by atoms with Crippen molar-refractivity contribution in [2.24, 2.45) is 0 Å². The highest BCUT2D eigenvalue weighted by molar-refractivity contribution is 6.30. The maximum Gasteiger partial charge on any atom is 0.255 e. The van der Waals surface area contributed by atoms with Crippen LogP contribution in [0.25, 0.3) is 0 Å². The highest BCUT2D eigenvalue weighted by Crippen LogP contribution is 2.33. The molecule has 0 spiro atoms. The minimum atomic E-state index is -1.86. The molecular formula is C22H27ClN4O4. The zero-order valence-corrected chi connectivity index (χ0v) is 18.0. The Bertz CT molecular complexity index is 909. The van der Waals surface area contributed by atoms with E-state index in [1.54, 1.807) is 25.2 Å². The molecule has 0 saturated carbocycles. The Balaban J connectivity index is 1.58. The lowest BCUT2D eigenvalue weighted by Crippen LogP contribution is -2.50. The molecule has 2 aromatic carbocycles. The summed E-state index contributed by atoms with van der Waals surface area (Å²) in [4.78, 5) is 26.6. The third-order valence-corrected chi connectivity index (χ3v) is 5.52. The molecule has 31 heavy (non-hydrogen) atoms. The number of anilines is 1. The Kier molecular flexibility index (Phi) is 7.86. The summed E-state index contributed by atoms with van der Waals surface area (Å²) < 4.78 is 0. The quantitative estimate of drug-likeness (QED) is 0.393. The van der Waals surface area contributed by atoms with E-state index in [1.807, 2.05) is 30.3 Å². The van der Waals surface area contributed by atoms with Gasteiger partial charge in [0.05, 0.1) is 6.04 Å². The number of nitrogens with one attached hydrogen (secondary N) is 3. The number of nitrogens with zero attached hydrogens (tertiary/aromatic N) is 1. The van der Waals surface area contributed by atoms with Crippen LogP contribution in [0, 0.1) is 0 Å². The van der Waals surface area contributed by atoms with Gasteiger partial charge in [0.15, 0.2) is 12.2 Å². The molecule has 0 aromatic heterocycles. The Morgan fingerprint density at radius 1 is 1.16 bits per heavy atom. The van der Waals surface area contributed by atoms with Crippen LogP contribution in [0.4, 0.5) is 5.69 Å². The third kappa shape index (κ3) is 5.74. The number of hydrazine groups is 1. The molecule has 0 bridgehead atoms. The van der Waals surface area contributed by atoms with Gasteiger partial charge in [0.1, 0.15) is 0 Å². The summed E-state index contributed by atoms with van der Waals surface area (Å²) in [6.45, 7) is 0.597. The first-order valence-corrected chi connectivity index (χ1v) is 10.5. The molecule has 5 N–H and O–H groups in total. The number of hydrogen-bond donors (Lipinski definition) is 5. The van der Waals surface area contributed by atoms with Gasteiger partial charge in [-0.15, -0.1) is 0 Å². The molecule has 2 aromatic rings. The second-order valence-electron chi connectivity index (χ2n) is 7.42. The Hall–Kier alpha value is -2.65. The van der Waals surface area contributed by atoms with Gasteiger partial charge in [-0.2, -0.15) is 0 Å². The molecular weight excluding hydrogens is 420 g/mol. The van der Waals surface area contributed by atoms with Crippen LogP contribution in [0.1, 0.15) is 30.0 Å². The van der Waals surface area contributed by atoms with Crippen molar-refractivity contribution >= 4 is 29.1 Å². The first kappa shape index (κ1) is 23.0. The lowest BCUT2D eigenvalue weighted by atomic mass is 10.0. The van der Waals surface area contributed by atoms with Crippen molar-refractivity contribution in [3.63, 3.8) is 0 Å². The topological polar surface area (TPSA) is 114 Å². The molecule has 0 radical (unpaired) electrons. The summed E-state index contributed by atoms with van der Waals surface area (Å²) in [6.07, 6.45) is -2.23. The number of aliphatic hydroxyl groups is 2. The van der Waals surface area contributed by atoms with E-state index in [-0.39, 0.29) is 12.6 Å². The normalized spacial score (nSPS) is 17.8. The van der Waals surface area contributed by atoms with E-state index in [2.05, 4.69) is 16.2 Å². The van der Waals surface area contributed by atoms with Gasteiger partial charge in [-0.25, -0.2) is 5.43 Å².